The Balaban J connectivity index is 1.88. The lowest BCUT2D eigenvalue weighted by Crippen LogP contribution is -2.46. The second kappa shape index (κ2) is 8.14. The van der Waals surface area contributed by atoms with Gasteiger partial charge in [0.1, 0.15) is 18.2 Å². The molecule has 2 aliphatic heterocycles. The van der Waals surface area contributed by atoms with Crippen molar-refractivity contribution in [2.75, 3.05) is 18.1 Å². The van der Waals surface area contributed by atoms with Crippen molar-refractivity contribution < 1.29 is 9.13 Å². The van der Waals surface area contributed by atoms with Crippen molar-refractivity contribution >= 4 is 17.4 Å². The molecule has 0 aliphatic carbocycles. The molecule has 0 amide bonds. The second-order valence-corrected chi connectivity index (χ2v) is 8.62. The number of hydrogen-bond donors (Lipinski definition) is 0. The fourth-order valence-electron chi connectivity index (χ4n) is 4.60. The van der Waals surface area contributed by atoms with Gasteiger partial charge in [-0.25, -0.2) is 13.8 Å². The molecule has 0 saturated carbocycles. The van der Waals surface area contributed by atoms with Crippen LogP contribution >= 0.6 is 11.6 Å². The van der Waals surface area contributed by atoms with Crippen LogP contribution in [0.4, 0.5) is 10.2 Å². The van der Waals surface area contributed by atoms with Gasteiger partial charge in [-0.2, -0.15) is 5.26 Å². The van der Waals surface area contributed by atoms with E-state index in [1.165, 1.54) is 29.0 Å². The van der Waals surface area contributed by atoms with Crippen LogP contribution < -0.4 is 16.1 Å². The maximum Gasteiger partial charge on any atom is 0.338 e. The van der Waals surface area contributed by atoms with E-state index in [2.05, 4.69) is 4.98 Å². The first kappa shape index (κ1) is 21.4. The van der Waals surface area contributed by atoms with Crippen LogP contribution in [-0.2, 0) is 11.3 Å². The maximum atomic E-state index is 13.9. The van der Waals surface area contributed by atoms with E-state index in [-0.39, 0.29) is 35.0 Å². The smallest absolute Gasteiger partial charge is 0.338 e. The largest absolute Gasteiger partial charge is 0.374 e. The summed E-state index contributed by atoms with van der Waals surface area (Å²) >= 11 is 6.05. The van der Waals surface area contributed by atoms with Gasteiger partial charge in [0.15, 0.2) is 0 Å². The standard InChI is InChI=1S/C23H19ClFN5O3/c1-13-6-15(10-27-9-13)30-22(31)20(14-2-3-19(25)18(24)7-14)21(28(5-4-26)23(30)32)29-11-17-8-16(29)12-33-17/h2-3,6-7,9-10,16-17H,5,8,11-12H2,1H3/t16-,17-/m1/s1. The number of anilines is 1. The van der Waals surface area contributed by atoms with E-state index in [1.807, 2.05) is 11.0 Å². The topological polar surface area (TPSA) is 93.2 Å². The van der Waals surface area contributed by atoms with Gasteiger partial charge in [-0.3, -0.25) is 14.3 Å². The summed E-state index contributed by atoms with van der Waals surface area (Å²) in [4.78, 5) is 33.5. The molecule has 8 nitrogen and oxygen atoms in total. The first-order valence-electron chi connectivity index (χ1n) is 10.4. The molecule has 1 aromatic carbocycles. The van der Waals surface area contributed by atoms with Crippen LogP contribution in [0.3, 0.4) is 0 Å². The Labute approximate surface area is 193 Å². The monoisotopic (exact) mass is 467 g/mol. The zero-order valence-corrected chi connectivity index (χ0v) is 18.4. The molecule has 168 valence electrons. The summed E-state index contributed by atoms with van der Waals surface area (Å²) in [6.45, 7) is 2.46. The summed E-state index contributed by atoms with van der Waals surface area (Å²) in [6.07, 6.45) is 3.76. The number of rotatable bonds is 4. The lowest BCUT2D eigenvalue weighted by atomic mass is 10.1. The van der Waals surface area contributed by atoms with Gasteiger partial charge in [0, 0.05) is 12.7 Å². The molecule has 2 atom stereocenters. The Morgan fingerprint density at radius 1 is 1.30 bits per heavy atom. The summed E-state index contributed by atoms with van der Waals surface area (Å²) in [5, 5.41) is 9.39. The molecule has 10 heteroatoms. The van der Waals surface area contributed by atoms with Crippen LogP contribution in [0.2, 0.25) is 5.02 Å². The second-order valence-electron chi connectivity index (χ2n) is 8.21. The van der Waals surface area contributed by atoms with Gasteiger partial charge in [-0.15, -0.1) is 0 Å². The SMILES string of the molecule is Cc1cncc(-n2c(=O)c(-c3ccc(F)c(Cl)c3)c(N3C[C@H]4C[C@@H]3CO4)n(CC#N)c2=O)c1. The number of pyridine rings is 1. The van der Waals surface area contributed by atoms with Crippen LogP contribution in [0.1, 0.15) is 12.0 Å². The number of morpholine rings is 1. The van der Waals surface area contributed by atoms with Crippen LogP contribution in [0, 0.1) is 24.1 Å². The average molecular weight is 468 g/mol. The van der Waals surface area contributed by atoms with Gasteiger partial charge < -0.3 is 9.64 Å². The van der Waals surface area contributed by atoms with Crippen molar-refractivity contribution in [1.82, 2.24) is 14.1 Å². The maximum absolute atomic E-state index is 13.9. The minimum absolute atomic E-state index is 0.0197. The number of fused-ring (bicyclic) bond motifs is 2. The number of benzene rings is 1. The van der Waals surface area contributed by atoms with Crippen molar-refractivity contribution in [2.24, 2.45) is 0 Å². The summed E-state index contributed by atoms with van der Waals surface area (Å²) in [6, 6.07) is 7.65. The normalized spacial score (nSPS) is 19.2. The Bertz CT molecular complexity index is 1430. The van der Waals surface area contributed by atoms with Gasteiger partial charge in [0.2, 0.25) is 0 Å². The van der Waals surface area contributed by atoms with Crippen LogP contribution in [-0.4, -0.2) is 39.4 Å². The molecule has 2 bridgehead atoms. The molecule has 0 spiro atoms. The molecule has 2 fully saturated rings. The number of halogens is 2. The summed E-state index contributed by atoms with van der Waals surface area (Å²) in [5.41, 5.74) is 0.318. The molecule has 2 aliphatic rings. The van der Waals surface area contributed by atoms with E-state index < -0.39 is 17.1 Å². The highest BCUT2D eigenvalue weighted by Crippen LogP contribution is 2.37. The fourth-order valence-corrected chi connectivity index (χ4v) is 4.79. The molecule has 4 heterocycles. The van der Waals surface area contributed by atoms with Gasteiger partial charge in [0.25, 0.3) is 5.56 Å². The van der Waals surface area contributed by atoms with Gasteiger partial charge in [0.05, 0.1) is 47.3 Å². The minimum Gasteiger partial charge on any atom is -0.374 e. The van der Waals surface area contributed by atoms with Crippen LogP contribution in [0.25, 0.3) is 16.8 Å². The average Bonchev–Trinajstić information content (AvgIpc) is 3.41. The molecule has 0 radical (unpaired) electrons. The number of nitrogens with zero attached hydrogens (tertiary/aromatic N) is 5. The molecule has 3 aromatic rings. The predicted molar refractivity (Wildman–Crippen MR) is 120 cm³/mol. The lowest BCUT2D eigenvalue weighted by molar-refractivity contribution is 0.0986. The number of aryl methyl sites for hydroxylation is 1. The van der Waals surface area contributed by atoms with Crippen LogP contribution in [0.5, 0.6) is 0 Å². The summed E-state index contributed by atoms with van der Waals surface area (Å²) in [7, 11) is 0. The highest BCUT2D eigenvalue weighted by Gasteiger charge is 2.42. The molecule has 5 rings (SSSR count). The quantitative estimate of drug-likeness (QED) is 0.585. The third-order valence-electron chi connectivity index (χ3n) is 6.05. The van der Waals surface area contributed by atoms with E-state index in [0.717, 1.165) is 16.6 Å². The molecule has 2 aromatic heterocycles. The highest BCUT2D eigenvalue weighted by molar-refractivity contribution is 6.31. The van der Waals surface area contributed by atoms with Crippen molar-refractivity contribution in [3.63, 3.8) is 0 Å². The number of aromatic nitrogens is 3. The molecule has 0 N–H and O–H groups in total. The number of ether oxygens (including phenoxy) is 1. The van der Waals surface area contributed by atoms with E-state index in [1.54, 1.807) is 19.2 Å². The molecule has 33 heavy (non-hydrogen) atoms. The van der Waals surface area contributed by atoms with E-state index in [9.17, 15) is 19.2 Å². The Hall–Kier alpha value is -3.48. The Morgan fingerprint density at radius 3 is 2.76 bits per heavy atom. The number of nitriles is 1. The molecular weight excluding hydrogens is 449 g/mol. The predicted octanol–water partition coefficient (Wildman–Crippen LogP) is 2.66. The van der Waals surface area contributed by atoms with E-state index in [0.29, 0.717) is 24.5 Å². The molecule has 0 unspecified atom stereocenters. The van der Waals surface area contributed by atoms with Gasteiger partial charge >= 0.3 is 5.69 Å². The van der Waals surface area contributed by atoms with Gasteiger partial charge in [-0.05, 0) is 42.7 Å². The molecular formula is C23H19ClFN5O3. The summed E-state index contributed by atoms with van der Waals surface area (Å²) in [5.74, 6) is -0.300. The first-order valence-corrected chi connectivity index (χ1v) is 10.8. The number of hydrogen-bond acceptors (Lipinski definition) is 6. The Morgan fingerprint density at radius 2 is 2.12 bits per heavy atom. The van der Waals surface area contributed by atoms with Crippen molar-refractivity contribution in [3.05, 3.63) is 73.9 Å². The van der Waals surface area contributed by atoms with Gasteiger partial charge in [-0.1, -0.05) is 17.7 Å². The first-order chi connectivity index (χ1) is 15.9. The Kier molecular flexibility index (Phi) is 5.27. The van der Waals surface area contributed by atoms with Crippen molar-refractivity contribution in [2.45, 2.75) is 32.0 Å². The van der Waals surface area contributed by atoms with Crippen LogP contribution in [0.15, 0.2) is 46.2 Å². The zero-order chi connectivity index (χ0) is 23.3. The van der Waals surface area contributed by atoms with E-state index >= 15 is 0 Å². The minimum atomic E-state index is -0.649. The van der Waals surface area contributed by atoms with E-state index in [4.69, 9.17) is 16.3 Å². The van der Waals surface area contributed by atoms with Crippen molar-refractivity contribution in [1.29, 1.82) is 5.26 Å². The molecule has 2 saturated heterocycles. The lowest BCUT2D eigenvalue weighted by Gasteiger charge is -2.32. The highest BCUT2D eigenvalue weighted by atomic mass is 35.5. The summed E-state index contributed by atoms with van der Waals surface area (Å²) < 4.78 is 21.9. The third kappa shape index (κ3) is 3.52. The zero-order valence-electron chi connectivity index (χ0n) is 17.7. The fraction of sp³-hybridized carbons (Fsp3) is 0.304. The van der Waals surface area contributed by atoms with Crippen molar-refractivity contribution in [3.8, 4) is 22.9 Å². The third-order valence-corrected chi connectivity index (χ3v) is 6.34.